The number of carbonyl (C=O) groups excluding carboxylic acids is 3. The Labute approximate surface area is 316 Å². The van der Waals surface area contributed by atoms with Gasteiger partial charge in [-0.1, -0.05) is 76.0 Å². The van der Waals surface area contributed by atoms with Crippen LogP contribution in [0.4, 0.5) is 4.79 Å². The highest BCUT2D eigenvalue weighted by Gasteiger charge is 2.54. The molecule has 0 aromatic heterocycles. The second-order valence-electron chi connectivity index (χ2n) is 13.7. The van der Waals surface area contributed by atoms with E-state index in [-0.39, 0.29) is 26.2 Å². The second kappa shape index (κ2) is 20.2. The summed E-state index contributed by atoms with van der Waals surface area (Å²) >= 11 is 0. The van der Waals surface area contributed by atoms with E-state index in [4.69, 9.17) is 33.2 Å². The average Bonchev–Trinajstić information content (AvgIpc) is 3.12. The van der Waals surface area contributed by atoms with Crippen molar-refractivity contribution in [1.29, 1.82) is 0 Å². The fourth-order valence-corrected chi connectivity index (χ4v) is 6.31. The number of hydrogen-bond acceptors (Lipinski definition) is 13. The molecule has 2 fully saturated rings. The third-order valence-electron chi connectivity index (χ3n) is 8.41. The van der Waals surface area contributed by atoms with E-state index < -0.39 is 84.7 Å². The maximum atomic E-state index is 13.2. The molecule has 10 atom stereocenters. The monoisotopic (exact) mass is 764 g/mol. The lowest BCUT2D eigenvalue weighted by atomic mass is 9.83. The zero-order valence-corrected chi connectivity index (χ0v) is 31.0. The molecule has 20 nitrogen and oxygen atoms in total. The molecule has 0 radical (unpaired) electrons. The summed E-state index contributed by atoms with van der Waals surface area (Å²) in [6.07, 6.45) is -10.2. The highest BCUT2D eigenvalue weighted by atomic mass is 16.7. The lowest BCUT2D eigenvalue weighted by Crippen LogP contribution is -2.66. The van der Waals surface area contributed by atoms with E-state index >= 15 is 0 Å². The van der Waals surface area contributed by atoms with Crippen molar-refractivity contribution in [2.75, 3.05) is 6.54 Å². The van der Waals surface area contributed by atoms with Gasteiger partial charge in [0.05, 0.1) is 37.9 Å². The van der Waals surface area contributed by atoms with Crippen LogP contribution in [0.1, 0.15) is 52.2 Å². The van der Waals surface area contributed by atoms with Gasteiger partial charge in [-0.05, 0) is 54.9 Å². The Morgan fingerprint density at radius 2 is 1.35 bits per heavy atom. The minimum atomic E-state index is -1.55. The molecule has 0 bridgehead atoms. The maximum absolute atomic E-state index is 13.2. The fourth-order valence-electron chi connectivity index (χ4n) is 6.31. The van der Waals surface area contributed by atoms with Crippen molar-refractivity contribution in [3.8, 4) is 0 Å². The molecule has 1 heterocycles. The highest BCUT2D eigenvalue weighted by Crippen LogP contribution is 2.36. The van der Waals surface area contributed by atoms with Crippen LogP contribution >= 0.6 is 0 Å². The van der Waals surface area contributed by atoms with Crippen molar-refractivity contribution in [1.82, 2.24) is 5.32 Å². The number of esters is 2. The van der Waals surface area contributed by atoms with Gasteiger partial charge >= 0.3 is 18.0 Å². The van der Waals surface area contributed by atoms with E-state index in [1.807, 2.05) is 60.7 Å². The first kappa shape index (κ1) is 42.2. The molecule has 2 aromatic carbocycles. The number of carbonyl (C=O) groups is 3. The molecule has 1 N–H and O–H groups in total. The summed E-state index contributed by atoms with van der Waals surface area (Å²) in [5.41, 5.74) is 29.3. The predicted octanol–water partition coefficient (Wildman–Crippen LogP) is 6.10. The molecule has 4 rings (SSSR count). The number of amides is 1. The summed E-state index contributed by atoms with van der Waals surface area (Å²) in [4.78, 5) is 47.0. The predicted molar refractivity (Wildman–Crippen MR) is 192 cm³/mol. The Bertz CT molecular complexity index is 1750. The summed E-state index contributed by atoms with van der Waals surface area (Å²) in [7, 11) is 0. The molecule has 55 heavy (non-hydrogen) atoms. The van der Waals surface area contributed by atoms with Gasteiger partial charge in [-0.15, -0.1) is 0 Å². The molecule has 20 heteroatoms. The van der Waals surface area contributed by atoms with E-state index in [2.05, 4.69) is 35.4 Å². The fraction of sp³-hybridized carbons (Fsp3) is 0.571. The largest absolute Gasteiger partial charge is 0.458 e. The number of nitrogens with zero attached hydrogens (tertiary/aromatic N) is 9. The summed E-state index contributed by atoms with van der Waals surface area (Å²) in [5.74, 6) is -1.62. The van der Waals surface area contributed by atoms with Crippen LogP contribution in [0.3, 0.4) is 0 Å². The van der Waals surface area contributed by atoms with E-state index in [1.165, 1.54) is 0 Å². The smallest absolute Gasteiger partial charge is 0.407 e. The maximum Gasteiger partial charge on any atom is 0.407 e. The van der Waals surface area contributed by atoms with Crippen LogP contribution in [0.25, 0.3) is 31.3 Å². The number of ether oxygens (including phenoxy) is 7. The van der Waals surface area contributed by atoms with Crippen molar-refractivity contribution < 1.29 is 47.5 Å². The van der Waals surface area contributed by atoms with Crippen LogP contribution < -0.4 is 5.32 Å². The summed E-state index contributed by atoms with van der Waals surface area (Å²) in [6.45, 7) is 7.00. The van der Waals surface area contributed by atoms with Crippen molar-refractivity contribution in [2.24, 2.45) is 15.3 Å². The number of hydrogen-bond donors (Lipinski definition) is 1. The van der Waals surface area contributed by atoms with Crippen LogP contribution in [0, 0.1) is 0 Å². The highest BCUT2D eigenvalue weighted by molar-refractivity contribution is 5.69. The van der Waals surface area contributed by atoms with Crippen molar-refractivity contribution >= 4 is 18.0 Å². The molecule has 0 unspecified atom stereocenters. The summed E-state index contributed by atoms with van der Waals surface area (Å²) in [6, 6.07) is 14.8. The van der Waals surface area contributed by atoms with Gasteiger partial charge in [-0.3, -0.25) is 9.59 Å². The number of nitrogens with one attached hydrogen (secondary N) is 1. The quantitative estimate of drug-likeness (QED) is 0.0715. The van der Waals surface area contributed by atoms with Crippen molar-refractivity contribution in [3.63, 3.8) is 0 Å². The molecule has 1 saturated carbocycles. The molecule has 1 aliphatic heterocycles. The van der Waals surface area contributed by atoms with Gasteiger partial charge in [0.15, 0.2) is 12.4 Å². The Hall–Kier alpha value is -5.58. The third-order valence-corrected chi connectivity index (χ3v) is 8.41. The summed E-state index contributed by atoms with van der Waals surface area (Å²) in [5, 5.41) is 14.2. The zero-order chi connectivity index (χ0) is 40.0. The molecule has 1 amide bonds. The molecule has 2 aromatic rings. The Kier molecular flexibility index (Phi) is 15.5. The first-order valence-electron chi connectivity index (χ1n) is 17.4. The molecule has 0 spiro atoms. The van der Waals surface area contributed by atoms with Gasteiger partial charge in [0, 0.05) is 28.6 Å². The van der Waals surface area contributed by atoms with E-state index in [0.29, 0.717) is 0 Å². The first-order valence-corrected chi connectivity index (χ1v) is 17.4. The van der Waals surface area contributed by atoms with Gasteiger partial charge in [0.25, 0.3) is 0 Å². The molecule has 1 saturated heterocycles. The first-order chi connectivity index (χ1) is 26.3. The second-order valence-corrected chi connectivity index (χ2v) is 13.7. The van der Waals surface area contributed by atoms with Crippen LogP contribution in [0.2, 0.25) is 0 Å². The van der Waals surface area contributed by atoms with Gasteiger partial charge in [-0.25, -0.2) is 4.79 Å². The Morgan fingerprint density at radius 1 is 0.782 bits per heavy atom. The van der Waals surface area contributed by atoms with Crippen LogP contribution in [0.5, 0.6) is 0 Å². The third kappa shape index (κ3) is 12.5. The van der Waals surface area contributed by atoms with Crippen molar-refractivity contribution in [3.05, 3.63) is 103 Å². The van der Waals surface area contributed by atoms with Gasteiger partial charge in [0.2, 0.25) is 0 Å². The average molecular weight is 765 g/mol. The molecule has 2 aliphatic rings. The molecular weight excluding hydrogens is 720 g/mol. The topological polar surface area (TPSA) is 274 Å². The molecular formula is C35H44N10O10. The molecule has 294 valence electrons. The normalized spacial score (nSPS) is 27.5. The number of rotatable bonds is 15. The number of azide groups is 3. The van der Waals surface area contributed by atoms with E-state index in [1.54, 1.807) is 20.8 Å². The summed E-state index contributed by atoms with van der Waals surface area (Å²) < 4.78 is 42.5. The minimum Gasteiger partial charge on any atom is -0.458 e. The van der Waals surface area contributed by atoms with Crippen LogP contribution in [-0.4, -0.2) is 91.2 Å². The minimum absolute atomic E-state index is 0.0276. The molecule has 1 aliphatic carbocycles. The number of alkyl carbamates (subject to hydrolysis) is 1. The van der Waals surface area contributed by atoms with Gasteiger partial charge < -0.3 is 38.5 Å². The number of benzene rings is 2. The van der Waals surface area contributed by atoms with Crippen LogP contribution in [0.15, 0.2) is 76.0 Å². The zero-order valence-electron chi connectivity index (χ0n) is 31.0. The Balaban J connectivity index is 1.81. The van der Waals surface area contributed by atoms with Gasteiger partial charge in [0.1, 0.15) is 36.1 Å². The van der Waals surface area contributed by atoms with E-state index in [0.717, 1.165) is 25.0 Å². The van der Waals surface area contributed by atoms with Gasteiger partial charge in [-0.2, -0.15) is 0 Å². The van der Waals surface area contributed by atoms with Crippen molar-refractivity contribution in [2.45, 2.75) is 121 Å². The Morgan fingerprint density at radius 3 is 1.87 bits per heavy atom. The lowest BCUT2D eigenvalue weighted by molar-refractivity contribution is -0.302. The standard InChI is InChI=1S/C35H44N10O10/c1-20(46)51-29-25(41-44-37)16-24(40-34(48)55-35(3,4)5)28(32(29)52-21(2)47)54-33-27(42-45-38)31(50-19-23-14-10-7-11-15-23)30(26(53-33)17-39-43-36)49-18-22-12-8-6-9-13-22/h6-15,24-33H,16-19H2,1-5H3,(H,40,48)/t24-,25+,26+,27+,28+,29-,30+,31+,32-,33+/m0/s1. The lowest BCUT2D eigenvalue weighted by Gasteiger charge is -2.49. The van der Waals surface area contributed by atoms with Crippen LogP contribution in [-0.2, 0) is 56.0 Å². The van der Waals surface area contributed by atoms with E-state index in [9.17, 15) is 31.0 Å². The SMILES string of the molecule is CC(=O)O[C@@H]1[C@@H](OC(C)=O)[C@H](N=[N+]=[N-])C[C@H](NC(=O)OC(C)(C)C)[C@H]1O[C@H]1O[C@H](CN=[N+]=[N-])[C@@H](OCc2ccccc2)[C@H](OCc2ccccc2)[C@H]1N=[N+]=[N-].